The molecule has 0 N–H and O–H groups in total. The van der Waals surface area contributed by atoms with Gasteiger partial charge in [-0.2, -0.15) is 5.10 Å². The minimum atomic E-state index is -2.80. The van der Waals surface area contributed by atoms with E-state index in [1.54, 1.807) is 18.6 Å². The van der Waals surface area contributed by atoms with Crippen LogP contribution < -0.4 is 0 Å². The highest BCUT2D eigenvalue weighted by molar-refractivity contribution is 5.79. The molecule has 1 saturated heterocycles. The SMILES string of the molecule is Cc1ccc2ncc(-c3cnn(CC(F)(F)CN4CCCC4)c3)cc2n1. The fourth-order valence-corrected chi connectivity index (χ4v) is 3.42. The number of halogens is 2. The fraction of sp³-hybridized carbons (Fsp3) is 0.421. The third-order valence-electron chi connectivity index (χ3n) is 4.69. The van der Waals surface area contributed by atoms with Crippen molar-refractivity contribution in [3.05, 3.63) is 42.5 Å². The quantitative estimate of drug-likeness (QED) is 0.701. The van der Waals surface area contributed by atoms with Crippen LogP contribution in [-0.2, 0) is 6.54 Å². The van der Waals surface area contributed by atoms with E-state index in [4.69, 9.17) is 0 Å². The zero-order chi connectivity index (χ0) is 18.1. The number of aryl methyl sites for hydroxylation is 1. The van der Waals surface area contributed by atoms with Gasteiger partial charge in [-0.05, 0) is 51.1 Å². The van der Waals surface area contributed by atoms with Gasteiger partial charge in [-0.3, -0.25) is 19.5 Å². The molecule has 0 saturated carbocycles. The second-order valence-electron chi connectivity index (χ2n) is 6.98. The molecule has 0 unspecified atom stereocenters. The number of fused-ring (bicyclic) bond motifs is 1. The highest BCUT2D eigenvalue weighted by Gasteiger charge is 2.33. The molecule has 3 aromatic rings. The lowest BCUT2D eigenvalue weighted by Crippen LogP contribution is -2.38. The van der Waals surface area contributed by atoms with Crippen LogP contribution in [0.5, 0.6) is 0 Å². The second kappa shape index (κ2) is 6.72. The van der Waals surface area contributed by atoms with Gasteiger partial charge in [0, 0.05) is 29.2 Å². The molecular weight excluding hydrogens is 336 g/mol. The van der Waals surface area contributed by atoms with Gasteiger partial charge in [-0.25, -0.2) is 8.78 Å². The molecule has 0 bridgehead atoms. The number of nitrogens with zero attached hydrogens (tertiary/aromatic N) is 5. The van der Waals surface area contributed by atoms with Gasteiger partial charge in [0.05, 0.1) is 23.8 Å². The Kier molecular flexibility index (Phi) is 4.40. The van der Waals surface area contributed by atoms with E-state index in [1.165, 1.54) is 4.68 Å². The third-order valence-corrected chi connectivity index (χ3v) is 4.69. The molecule has 1 aliphatic heterocycles. The monoisotopic (exact) mass is 357 g/mol. The summed E-state index contributed by atoms with van der Waals surface area (Å²) in [6, 6.07) is 5.75. The number of hydrogen-bond donors (Lipinski definition) is 0. The van der Waals surface area contributed by atoms with Crippen molar-refractivity contribution in [2.75, 3.05) is 19.6 Å². The summed E-state index contributed by atoms with van der Waals surface area (Å²) in [6.45, 7) is 2.82. The number of pyridine rings is 2. The van der Waals surface area contributed by atoms with Crippen LogP contribution in [0.2, 0.25) is 0 Å². The minimum Gasteiger partial charge on any atom is -0.297 e. The summed E-state index contributed by atoms with van der Waals surface area (Å²) in [5, 5.41) is 4.12. The molecule has 3 aromatic heterocycles. The standard InChI is InChI=1S/C19H21F2N5/c1-14-4-5-17-18(24-14)8-15(9-22-17)16-10-23-26(11-16)13-19(20,21)12-25-6-2-3-7-25/h4-5,8-11H,2-3,6-7,12-13H2,1H3. The van der Waals surface area contributed by atoms with E-state index in [0.717, 1.165) is 53.8 Å². The molecule has 0 aromatic carbocycles. The molecule has 136 valence electrons. The number of aromatic nitrogens is 4. The van der Waals surface area contributed by atoms with Crippen molar-refractivity contribution in [1.82, 2.24) is 24.6 Å². The first kappa shape index (κ1) is 17.0. The summed E-state index contributed by atoms with van der Waals surface area (Å²) in [7, 11) is 0. The van der Waals surface area contributed by atoms with Gasteiger partial charge in [0.2, 0.25) is 0 Å². The molecule has 0 radical (unpaired) electrons. The van der Waals surface area contributed by atoms with E-state index in [2.05, 4.69) is 15.1 Å². The van der Waals surface area contributed by atoms with Crippen LogP contribution in [0.1, 0.15) is 18.5 Å². The van der Waals surface area contributed by atoms with Crippen molar-refractivity contribution < 1.29 is 8.78 Å². The molecule has 0 atom stereocenters. The Morgan fingerprint density at radius 3 is 2.65 bits per heavy atom. The lowest BCUT2D eigenvalue weighted by atomic mass is 10.1. The Morgan fingerprint density at radius 1 is 1.04 bits per heavy atom. The number of hydrogen-bond acceptors (Lipinski definition) is 4. The summed E-state index contributed by atoms with van der Waals surface area (Å²) in [5.41, 5.74) is 4.09. The Labute approximate surface area is 150 Å². The van der Waals surface area contributed by atoms with Crippen molar-refractivity contribution in [2.24, 2.45) is 0 Å². The van der Waals surface area contributed by atoms with E-state index in [0.29, 0.717) is 0 Å². The summed E-state index contributed by atoms with van der Waals surface area (Å²) >= 11 is 0. The van der Waals surface area contributed by atoms with Gasteiger partial charge in [0.1, 0.15) is 6.54 Å². The third kappa shape index (κ3) is 3.72. The zero-order valence-corrected chi connectivity index (χ0v) is 14.7. The van der Waals surface area contributed by atoms with Gasteiger partial charge in [-0.15, -0.1) is 0 Å². The van der Waals surface area contributed by atoms with Gasteiger partial charge >= 0.3 is 0 Å². The van der Waals surface area contributed by atoms with Gasteiger partial charge in [0.15, 0.2) is 0 Å². The average molecular weight is 357 g/mol. The second-order valence-corrected chi connectivity index (χ2v) is 6.98. The number of rotatable bonds is 5. The summed E-state index contributed by atoms with van der Waals surface area (Å²) in [6.07, 6.45) is 6.99. The van der Waals surface area contributed by atoms with E-state index in [-0.39, 0.29) is 6.54 Å². The maximum Gasteiger partial charge on any atom is 0.279 e. The first-order valence-electron chi connectivity index (χ1n) is 8.85. The summed E-state index contributed by atoms with van der Waals surface area (Å²) in [4.78, 5) is 10.7. The molecular formula is C19H21F2N5. The lowest BCUT2D eigenvalue weighted by Gasteiger charge is -2.22. The number of likely N-dealkylation sites (tertiary alicyclic amines) is 1. The first-order valence-corrected chi connectivity index (χ1v) is 8.85. The topological polar surface area (TPSA) is 46.8 Å². The van der Waals surface area contributed by atoms with E-state index < -0.39 is 12.5 Å². The van der Waals surface area contributed by atoms with Crippen LogP contribution in [0.15, 0.2) is 36.8 Å². The van der Waals surface area contributed by atoms with Gasteiger partial charge < -0.3 is 0 Å². The van der Waals surface area contributed by atoms with E-state index >= 15 is 0 Å². The molecule has 0 spiro atoms. The Morgan fingerprint density at radius 2 is 1.85 bits per heavy atom. The van der Waals surface area contributed by atoms with E-state index in [1.807, 2.05) is 30.0 Å². The average Bonchev–Trinajstić information content (AvgIpc) is 3.25. The van der Waals surface area contributed by atoms with Crippen molar-refractivity contribution in [2.45, 2.75) is 32.2 Å². The first-order chi connectivity index (χ1) is 12.5. The van der Waals surface area contributed by atoms with Gasteiger partial charge in [0.25, 0.3) is 5.92 Å². The van der Waals surface area contributed by atoms with Gasteiger partial charge in [-0.1, -0.05) is 0 Å². The highest BCUT2D eigenvalue weighted by atomic mass is 19.3. The molecule has 4 rings (SSSR count). The lowest BCUT2D eigenvalue weighted by molar-refractivity contribution is -0.0442. The normalized spacial score (nSPS) is 15.8. The van der Waals surface area contributed by atoms with Crippen LogP contribution >= 0.6 is 0 Å². The molecule has 7 heteroatoms. The number of alkyl halides is 2. The largest absolute Gasteiger partial charge is 0.297 e. The highest BCUT2D eigenvalue weighted by Crippen LogP contribution is 2.24. The molecule has 0 aliphatic carbocycles. The van der Waals surface area contributed by atoms with Crippen LogP contribution in [-0.4, -0.2) is 50.2 Å². The summed E-state index contributed by atoms with van der Waals surface area (Å²) in [5.74, 6) is -2.80. The van der Waals surface area contributed by atoms with Crippen molar-refractivity contribution in [1.29, 1.82) is 0 Å². The Balaban J connectivity index is 1.52. The van der Waals surface area contributed by atoms with Crippen molar-refractivity contribution in [3.8, 4) is 11.1 Å². The molecule has 1 fully saturated rings. The molecule has 1 aliphatic rings. The predicted octanol–water partition coefficient (Wildman–Crippen LogP) is 3.53. The zero-order valence-electron chi connectivity index (χ0n) is 14.7. The molecule has 5 nitrogen and oxygen atoms in total. The Hall–Kier alpha value is -2.41. The van der Waals surface area contributed by atoms with Crippen LogP contribution in [0.3, 0.4) is 0 Å². The van der Waals surface area contributed by atoms with Crippen molar-refractivity contribution >= 4 is 11.0 Å². The molecule has 26 heavy (non-hydrogen) atoms. The predicted molar refractivity (Wildman–Crippen MR) is 96.1 cm³/mol. The van der Waals surface area contributed by atoms with Crippen molar-refractivity contribution in [3.63, 3.8) is 0 Å². The smallest absolute Gasteiger partial charge is 0.279 e. The fourth-order valence-electron chi connectivity index (χ4n) is 3.42. The Bertz CT molecular complexity index is 915. The maximum absolute atomic E-state index is 14.3. The van der Waals surface area contributed by atoms with Crippen LogP contribution in [0, 0.1) is 6.92 Å². The molecule has 4 heterocycles. The van der Waals surface area contributed by atoms with Crippen LogP contribution in [0.25, 0.3) is 22.2 Å². The maximum atomic E-state index is 14.3. The minimum absolute atomic E-state index is 0.205. The summed E-state index contributed by atoms with van der Waals surface area (Å²) < 4.78 is 29.9. The van der Waals surface area contributed by atoms with E-state index in [9.17, 15) is 8.78 Å². The molecule has 0 amide bonds. The van der Waals surface area contributed by atoms with Crippen LogP contribution in [0.4, 0.5) is 8.78 Å².